The van der Waals surface area contributed by atoms with Gasteiger partial charge in [-0.3, -0.25) is 0 Å². The van der Waals surface area contributed by atoms with Crippen molar-refractivity contribution in [2.45, 2.75) is 44.7 Å². The van der Waals surface area contributed by atoms with Crippen LogP contribution < -0.4 is 10.2 Å². The molecule has 2 aromatic rings. The van der Waals surface area contributed by atoms with Gasteiger partial charge in [0.2, 0.25) is 0 Å². The Kier molecular flexibility index (Phi) is 4.28. The van der Waals surface area contributed by atoms with Crippen LogP contribution >= 0.6 is 0 Å². The van der Waals surface area contributed by atoms with Gasteiger partial charge in [0.1, 0.15) is 5.82 Å². The van der Waals surface area contributed by atoms with E-state index in [1.165, 1.54) is 23.7 Å². The number of piperidine rings is 1. The zero-order chi connectivity index (χ0) is 17.4. The van der Waals surface area contributed by atoms with Gasteiger partial charge in [-0.2, -0.15) is 0 Å². The largest absolute Gasteiger partial charge is 0.362 e. The third kappa shape index (κ3) is 3.18. The van der Waals surface area contributed by atoms with E-state index in [0.29, 0.717) is 12.0 Å². The highest BCUT2D eigenvalue weighted by atomic mass is 19.1. The van der Waals surface area contributed by atoms with E-state index in [0.717, 1.165) is 31.5 Å². The smallest absolute Gasteiger partial charge is 0.123 e. The SMILES string of the molecule is Cc1cccc(N2[C@H]3CCNC[C@H]3C[C@@]2(C)Cc2cccc(F)c2)c1. The van der Waals surface area contributed by atoms with E-state index >= 15 is 0 Å². The van der Waals surface area contributed by atoms with Crippen molar-refractivity contribution < 1.29 is 4.39 Å². The fraction of sp³-hybridized carbons (Fsp3) is 0.455. The Morgan fingerprint density at radius 2 is 2.04 bits per heavy atom. The molecule has 0 aliphatic carbocycles. The van der Waals surface area contributed by atoms with Gasteiger partial charge in [-0.1, -0.05) is 24.3 Å². The van der Waals surface area contributed by atoms with Crippen LogP contribution in [0.2, 0.25) is 0 Å². The van der Waals surface area contributed by atoms with Crippen LogP contribution in [0.25, 0.3) is 0 Å². The number of nitrogens with zero attached hydrogens (tertiary/aromatic N) is 1. The van der Waals surface area contributed by atoms with Gasteiger partial charge in [-0.25, -0.2) is 4.39 Å². The fourth-order valence-electron chi connectivity index (χ4n) is 5.05. The minimum atomic E-state index is -0.139. The van der Waals surface area contributed by atoms with Crippen LogP contribution in [0, 0.1) is 18.7 Å². The van der Waals surface area contributed by atoms with Crippen LogP contribution in [0.5, 0.6) is 0 Å². The topological polar surface area (TPSA) is 15.3 Å². The summed E-state index contributed by atoms with van der Waals surface area (Å²) in [4.78, 5) is 2.65. The Bertz CT molecular complexity index is 759. The molecule has 3 heteroatoms. The lowest BCUT2D eigenvalue weighted by Gasteiger charge is -2.42. The summed E-state index contributed by atoms with van der Waals surface area (Å²) >= 11 is 0. The van der Waals surface area contributed by atoms with E-state index in [1.54, 1.807) is 6.07 Å². The van der Waals surface area contributed by atoms with Crippen LogP contribution in [-0.4, -0.2) is 24.7 Å². The molecular formula is C22H27FN2. The summed E-state index contributed by atoms with van der Waals surface area (Å²) in [6.07, 6.45) is 3.21. The van der Waals surface area contributed by atoms with E-state index in [2.05, 4.69) is 54.4 Å². The molecule has 2 aliphatic heterocycles. The van der Waals surface area contributed by atoms with Crippen LogP contribution in [0.1, 0.15) is 30.9 Å². The first-order valence-corrected chi connectivity index (χ1v) is 9.36. The molecule has 0 unspecified atom stereocenters. The molecular weight excluding hydrogens is 311 g/mol. The molecule has 0 radical (unpaired) electrons. The Balaban J connectivity index is 1.72. The second-order valence-corrected chi connectivity index (χ2v) is 8.04. The Morgan fingerprint density at radius 3 is 2.84 bits per heavy atom. The first-order valence-electron chi connectivity index (χ1n) is 9.36. The van der Waals surface area contributed by atoms with Crippen molar-refractivity contribution in [3.8, 4) is 0 Å². The van der Waals surface area contributed by atoms with Crippen LogP contribution in [0.3, 0.4) is 0 Å². The van der Waals surface area contributed by atoms with Crippen molar-refractivity contribution in [1.82, 2.24) is 5.32 Å². The molecule has 2 heterocycles. The quantitative estimate of drug-likeness (QED) is 0.896. The molecule has 0 aromatic heterocycles. The number of rotatable bonds is 3. The number of hydrogen-bond acceptors (Lipinski definition) is 2. The molecule has 132 valence electrons. The summed E-state index contributed by atoms with van der Waals surface area (Å²) < 4.78 is 13.7. The molecule has 25 heavy (non-hydrogen) atoms. The van der Waals surface area contributed by atoms with E-state index < -0.39 is 0 Å². The molecule has 0 bridgehead atoms. The van der Waals surface area contributed by atoms with Gasteiger partial charge in [-0.05, 0) is 81.0 Å². The summed E-state index contributed by atoms with van der Waals surface area (Å²) in [5, 5.41) is 3.56. The predicted molar refractivity (Wildman–Crippen MR) is 102 cm³/mol. The van der Waals surface area contributed by atoms with Crippen molar-refractivity contribution >= 4 is 5.69 Å². The third-order valence-electron chi connectivity index (χ3n) is 5.94. The first-order chi connectivity index (χ1) is 12.0. The van der Waals surface area contributed by atoms with Gasteiger partial charge >= 0.3 is 0 Å². The van der Waals surface area contributed by atoms with Gasteiger partial charge in [0, 0.05) is 23.8 Å². The number of nitrogens with one attached hydrogen (secondary N) is 1. The molecule has 0 saturated carbocycles. The van der Waals surface area contributed by atoms with Crippen molar-refractivity contribution in [3.05, 3.63) is 65.5 Å². The van der Waals surface area contributed by atoms with Crippen molar-refractivity contribution in [2.75, 3.05) is 18.0 Å². The van der Waals surface area contributed by atoms with E-state index in [1.807, 2.05) is 6.07 Å². The van der Waals surface area contributed by atoms with Crippen LogP contribution in [0.4, 0.5) is 10.1 Å². The lowest BCUT2D eigenvalue weighted by Crippen LogP contribution is -2.50. The monoisotopic (exact) mass is 338 g/mol. The molecule has 4 rings (SSSR count). The van der Waals surface area contributed by atoms with Crippen LogP contribution in [0.15, 0.2) is 48.5 Å². The Labute approximate surface area is 150 Å². The summed E-state index contributed by atoms with van der Waals surface area (Å²) in [5.74, 6) is 0.521. The minimum Gasteiger partial charge on any atom is -0.362 e. The molecule has 0 spiro atoms. The highest BCUT2D eigenvalue weighted by molar-refractivity contribution is 5.54. The highest BCUT2D eigenvalue weighted by Gasteiger charge is 2.49. The van der Waals surface area contributed by atoms with Crippen molar-refractivity contribution in [3.63, 3.8) is 0 Å². The van der Waals surface area contributed by atoms with Gasteiger partial charge in [0.25, 0.3) is 0 Å². The number of anilines is 1. The molecule has 2 aliphatic rings. The molecule has 0 amide bonds. The maximum atomic E-state index is 13.7. The van der Waals surface area contributed by atoms with E-state index in [9.17, 15) is 4.39 Å². The third-order valence-corrected chi connectivity index (χ3v) is 5.94. The molecule has 2 fully saturated rings. The van der Waals surface area contributed by atoms with Gasteiger partial charge in [0.05, 0.1) is 0 Å². The van der Waals surface area contributed by atoms with E-state index in [4.69, 9.17) is 0 Å². The van der Waals surface area contributed by atoms with Gasteiger partial charge in [-0.15, -0.1) is 0 Å². The second kappa shape index (κ2) is 6.45. The normalized spacial score (nSPS) is 28.8. The predicted octanol–water partition coefficient (Wildman–Crippen LogP) is 4.32. The zero-order valence-corrected chi connectivity index (χ0v) is 15.1. The van der Waals surface area contributed by atoms with Crippen LogP contribution in [-0.2, 0) is 6.42 Å². The first kappa shape index (κ1) is 16.6. The number of fused-ring (bicyclic) bond motifs is 1. The number of aryl methyl sites for hydroxylation is 1. The summed E-state index contributed by atoms with van der Waals surface area (Å²) in [7, 11) is 0. The standard InChI is InChI=1S/C22H27FN2/c1-16-5-3-8-20(11-16)25-21-9-10-24-15-18(21)14-22(25,2)13-17-6-4-7-19(23)12-17/h3-8,11-12,18,21,24H,9-10,13-15H2,1-2H3/t18-,21+,22-/m1/s1. The lowest BCUT2D eigenvalue weighted by molar-refractivity contribution is 0.358. The number of hydrogen-bond donors (Lipinski definition) is 1. The summed E-state index contributed by atoms with van der Waals surface area (Å²) in [6.45, 7) is 6.69. The molecule has 3 atom stereocenters. The summed E-state index contributed by atoms with van der Waals surface area (Å²) in [6, 6.07) is 16.5. The molecule has 2 aromatic carbocycles. The highest BCUT2D eigenvalue weighted by Crippen LogP contribution is 2.45. The van der Waals surface area contributed by atoms with Gasteiger partial charge < -0.3 is 10.2 Å². The summed E-state index contributed by atoms with van der Waals surface area (Å²) in [5.41, 5.74) is 3.71. The number of benzene rings is 2. The second-order valence-electron chi connectivity index (χ2n) is 8.04. The maximum absolute atomic E-state index is 13.7. The van der Waals surface area contributed by atoms with E-state index in [-0.39, 0.29) is 11.4 Å². The minimum absolute atomic E-state index is 0.0168. The molecule has 2 saturated heterocycles. The molecule has 2 nitrogen and oxygen atoms in total. The van der Waals surface area contributed by atoms with Gasteiger partial charge in [0.15, 0.2) is 0 Å². The Morgan fingerprint density at radius 1 is 1.20 bits per heavy atom. The average molecular weight is 338 g/mol. The fourth-order valence-corrected chi connectivity index (χ4v) is 5.05. The Hall–Kier alpha value is -1.87. The van der Waals surface area contributed by atoms with Crippen molar-refractivity contribution in [2.24, 2.45) is 5.92 Å². The molecule has 1 N–H and O–H groups in total. The average Bonchev–Trinajstić information content (AvgIpc) is 2.86. The number of halogens is 1. The van der Waals surface area contributed by atoms with Crippen molar-refractivity contribution in [1.29, 1.82) is 0 Å². The zero-order valence-electron chi connectivity index (χ0n) is 15.1. The lowest BCUT2D eigenvalue weighted by atomic mass is 9.86. The maximum Gasteiger partial charge on any atom is 0.123 e.